The molecule has 3 aromatic rings. The predicted molar refractivity (Wildman–Crippen MR) is 104 cm³/mol. The summed E-state index contributed by atoms with van der Waals surface area (Å²) in [5.41, 5.74) is 2.27. The van der Waals surface area contributed by atoms with Crippen molar-refractivity contribution in [2.75, 3.05) is 13.1 Å². The minimum atomic E-state index is -0.0734. The van der Waals surface area contributed by atoms with Crippen molar-refractivity contribution in [3.05, 3.63) is 71.9 Å². The number of aryl methyl sites for hydroxylation is 1. The Hall–Kier alpha value is -3.21. The molecule has 2 heterocycles. The third-order valence-electron chi connectivity index (χ3n) is 4.71. The molecule has 1 amide bonds. The van der Waals surface area contributed by atoms with Gasteiger partial charge in [-0.05, 0) is 31.4 Å². The van der Waals surface area contributed by atoms with Crippen LogP contribution in [0.4, 0.5) is 0 Å². The highest BCUT2D eigenvalue weighted by atomic mass is 16.5. The molecule has 4 rings (SSSR count). The standard InChI is InChI=1S/C22H21N3O2/c1-16-9-5-6-12-19(16)27-21-18(22(26)25-13-7-8-14-25)15-23-20(24-21)17-10-3-2-4-11-17/h2-6,9-12,15H,7-8,13-14H2,1H3. The topological polar surface area (TPSA) is 55.3 Å². The molecule has 0 unspecified atom stereocenters. The number of likely N-dealkylation sites (tertiary alicyclic amines) is 1. The van der Waals surface area contributed by atoms with E-state index in [4.69, 9.17) is 4.74 Å². The minimum Gasteiger partial charge on any atom is -0.438 e. The number of aromatic nitrogens is 2. The van der Waals surface area contributed by atoms with E-state index in [1.807, 2.05) is 66.4 Å². The molecule has 1 fully saturated rings. The van der Waals surface area contributed by atoms with E-state index < -0.39 is 0 Å². The summed E-state index contributed by atoms with van der Waals surface area (Å²) in [5.74, 6) is 1.45. The third kappa shape index (κ3) is 3.67. The Morgan fingerprint density at radius 3 is 2.44 bits per heavy atom. The van der Waals surface area contributed by atoms with Gasteiger partial charge in [-0.1, -0.05) is 48.5 Å². The second-order valence-corrected chi connectivity index (χ2v) is 6.65. The average Bonchev–Trinajstić information content (AvgIpc) is 3.25. The van der Waals surface area contributed by atoms with Gasteiger partial charge in [-0.3, -0.25) is 4.79 Å². The molecule has 0 atom stereocenters. The van der Waals surface area contributed by atoms with E-state index >= 15 is 0 Å². The maximum atomic E-state index is 13.0. The maximum Gasteiger partial charge on any atom is 0.260 e. The summed E-state index contributed by atoms with van der Waals surface area (Å²) in [6.07, 6.45) is 3.65. The molecular weight excluding hydrogens is 338 g/mol. The normalized spacial score (nSPS) is 13.6. The SMILES string of the molecule is Cc1ccccc1Oc1nc(-c2ccccc2)ncc1C(=O)N1CCCC1. The van der Waals surface area contributed by atoms with E-state index in [1.54, 1.807) is 6.20 Å². The summed E-state index contributed by atoms with van der Waals surface area (Å²) in [6, 6.07) is 17.4. The molecular formula is C22H21N3O2. The van der Waals surface area contributed by atoms with Gasteiger partial charge in [-0.15, -0.1) is 0 Å². The zero-order valence-electron chi connectivity index (χ0n) is 15.3. The summed E-state index contributed by atoms with van der Waals surface area (Å²) >= 11 is 0. The van der Waals surface area contributed by atoms with Crippen molar-refractivity contribution < 1.29 is 9.53 Å². The number of carbonyl (C=O) groups is 1. The van der Waals surface area contributed by atoms with E-state index in [9.17, 15) is 4.79 Å². The zero-order valence-corrected chi connectivity index (χ0v) is 15.3. The lowest BCUT2D eigenvalue weighted by Gasteiger charge is -2.18. The van der Waals surface area contributed by atoms with Crippen LogP contribution in [-0.2, 0) is 0 Å². The number of hydrogen-bond donors (Lipinski definition) is 0. The molecule has 0 aliphatic carbocycles. The number of carbonyl (C=O) groups excluding carboxylic acids is 1. The van der Waals surface area contributed by atoms with Gasteiger partial charge in [0.1, 0.15) is 11.3 Å². The van der Waals surface area contributed by atoms with E-state index in [2.05, 4.69) is 9.97 Å². The van der Waals surface area contributed by atoms with Gasteiger partial charge in [0, 0.05) is 24.8 Å². The molecule has 27 heavy (non-hydrogen) atoms. The molecule has 5 heteroatoms. The first-order chi connectivity index (χ1) is 13.2. The molecule has 0 spiro atoms. The van der Waals surface area contributed by atoms with Crippen LogP contribution >= 0.6 is 0 Å². The number of para-hydroxylation sites is 1. The van der Waals surface area contributed by atoms with Crippen molar-refractivity contribution in [1.29, 1.82) is 0 Å². The molecule has 1 aromatic heterocycles. The first kappa shape index (κ1) is 17.2. The molecule has 0 radical (unpaired) electrons. The molecule has 136 valence electrons. The number of ether oxygens (including phenoxy) is 1. The van der Waals surface area contributed by atoms with Gasteiger partial charge in [0.15, 0.2) is 5.82 Å². The van der Waals surface area contributed by atoms with Gasteiger partial charge in [-0.25, -0.2) is 4.98 Å². The Balaban J connectivity index is 1.75. The number of amides is 1. The molecule has 0 saturated carbocycles. The number of rotatable bonds is 4. The Morgan fingerprint density at radius 2 is 1.70 bits per heavy atom. The van der Waals surface area contributed by atoms with Crippen LogP contribution in [0.3, 0.4) is 0 Å². The molecule has 1 saturated heterocycles. The highest BCUT2D eigenvalue weighted by molar-refractivity contribution is 5.96. The van der Waals surface area contributed by atoms with E-state index in [0.29, 0.717) is 23.0 Å². The van der Waals surface area contributed by atoms with Crippen LogP contribution in [-0.4, -0.2) is 33.9 Å². The quantitative estimate of drug-likeness (QED) is 0.689. The van der Waals surface area contributed by atoms with Gasteiger partial charge in [-0.2, -0.15) is 4.98 Å². The van der Waals surface area contributed by atoms with Crippen LogP contribution in [0, 0.1) is 6.92 Å². The average molecular weight is 359 g/mol. The molecule has 2 aromatic carbocycles. The number of benzene rings is 2. The van der Waals surface area contributed by atoms with Gasteiger partial charge >= 0.3 is 0 Å². The molecule has 1 aliphatic rings. The van der Waals surface area contributed by atoms with Crippen molar-refractivity contribution in [2.24, 2.45) is 0 Å². The zero-order chi connectivity index (χ0) is 18.6. The Labute approximate surface area is 158 Å². The second-order valence-electron chi connectivity index (χ2n) is 6.65. The molecule has 5 nitrogen and oxygen atoms in total. The Morgan fingerprint density at radius 1 is 1.00 bits per heavy atom. The fourth-order valence-electron chi connectivity index (χ4n) is 3.18. The van der Waals surface area contributed by atoms with Crippen LogP contribution in [0.1, 0.15) is 28.8 Å². The fraction of sp³-hybridized carbons (Fsp3) is 0.227. The van der Waals surface area contributed by atoms with Gasteiger partial charge in [0.2, 0.25) is 5.88 Å². The first-order valence-corrected chi connectivity index (χ1v) is 9.17. The first-order valence-electron chi connectivity index (χ1n) is 9.17. The number of nitrogens with zero attached hydrogens (tertiary/aromatic N) is 3. The predicted octanol–water partition coefficient (Wildman–Crippen LogP) is 4.48. The molecule has 1 aliphatic heterocycles. The van der Waals surface area contributed by atoms with Crippen molar-refractivity contribution in [3.63, 3.8) is 0 Å². The van der Waals surface area contributed by atoms with Gasteiger partial charge < -0.3 is 9.64 Å². The summed E-state index contributed by atoms with van der Waals surface area (Å²) in [7, 11) is 0. The summed E-state index contributed by atoms with van der Waals surface area (Å²) < 4.78 is 6.08. The van der Waals surface area contributed by atoms with Crippen LogP contribution in [0.25, 0.3) is 11.4 Å². The Bertz CT molecular complexity index is 951. The van der Waals surface area contributed by atoms with E-state index in [1.165, 1.54) is 0 Å². The van der Waals surface area contributed by atoms with Gasteiger partial charge in [0.25, 0.3) is 5.91 Å². The smallest absolute Gasteiger partial charge is 0.260 e. The molecule has 0 bridgehead atoms. The number of hydrogen-bond acceptors (Lipinski definition) is 4. The third-order valence-corrected chi connectivity index (χ3v) is 4.71. The summed E-state index contributed by atoms with van der Waals surface area (Å²) in [6.45, 7) is 3.50. The van der Waals surface area contributed by atoms with Crippen molar-refractivity contribution in [2.45, 2.75) is 19.8 Å². The summed E-state index contributed by atoms with van der Waals surface area (Å²) in [4.78, 5) is 23.8. The van der Waals surface area contributed by atoms with Crippen molar-refractivity contribution in [3.8, 4) is 23.0 Å². The van der Waals surface area contributed by atoms with Crippen LogP contribution in [0.15, 0.2) is 60.8 Å². The van der Waals surface area contributed by atoms with Crippen LogP contribution in [0.2, 0.25) is 0 Å². The maximum absolute atomic E-state index is 13.0. The van der Waals surface area contributed by atoms with E-state index in [-0.39, 0.29) is 5.91 Å². The van der Waals surface area contributed by atoms with E-state index in [0.717, 1.165) is 37.1 Å². The lowest BCUT2D eigenvalue weighted by molar-refractivity contribution is 0.0789. The highest BCUT2D eigenvalue weighted by Gasteiger charge is 2.25. The lowest BCUT2D eigenvalue weighted by atomic mass is 10.2. The lowest BCUT2D eigenvalue weighted by Crippen LogP contribution is -2.28. The highest BCUT2D eigenvalue weighted by Crippen LogP contribution is 2.29. The Kier molecular flexibility index (Phi) is 4.83. The van der Waals surface area contributed by atoms with Crippen LogP contribution in [0.5, 0.6) is 11.6 Å². The van der Waals surface area contributed by atoms with Gasteiger partial charge in [0.05, 0.1) is 0 Å². The largest absolute Gasteiger partial charge is 0.438 e. The fourth-order valence-corrected chi connectivity index (χ4v) is 3.18. The minimum absolute atomic E-state index is 0.0734. The monoisotopic (exact) mass is 359 g/mol. The summed E-state index contributed by atoms with van der Waals surface area (Å²) in [5, 5.41) is 0. The van der Waals surface area contributed by atoms with Crippen molar-refractivity contribution >= 4 is 5.91 Å². The van der Waals surface area contributed by atoms with Crippen molar-refractivity contribution in [1.82, 2.24) is 14.9 Å². The second kappa shape index (κ2) is 7.58. The van der Waals surface area contributed by atoms with Crippen LogP contribution < -0.4 is 4.74 Å². The molecule has 0 N–H and O–H groups in total.